The van der Waals surface area contributed by atoms with Crippen molar-refractivity contribution in [2.45, 2.75) is 20.3 Å². The van der Waals surface area contributed by atoms with E-state index in [4.69, 9.17) is 0 Å². The second-order valence-corrected chi connectivity index (χ2v) is 5.35. The number of nitrogens with one attached hydrogen (secondary N) is 1. The van der Waals surface area contributed by atoms with Gasteiger partial charge in [0.1, 0.15) is 11.7 Å². The Balaban J connectivity index is 2.11. The van der Waals surface area contributed by atoms with Crippen molar-refractivity contribution in [1.29, 1.82) is 0 Å². The summed E-state index contributed by atoms with van der Waals surface area (Å²) >= 11 is 0. The molecule has 1 aliphatic rings. The second kappa shape index (κ2) is 6.03. The molecule has 1 aromatic rings. The van der Waals surface area contributed by atoms with Crippen LogP contribution in [0.3, 0.4) is 0 Å². The summed E-state index contributed by atoms with van der Waals surface area (Å²) in [5.74, 6) is -2.54. The lowest BCUT2D eigenvalue weighted by atomic mass is 9.92. The summed E-state index contributed by atoms with van der Waals surface area (Å²) in [7, 11) is 0. The van der Waals surface area contributed by atoms with Crippen LogP contribution in [-0.4, -0.2) is 29.3 Å². The number of nitrogens with zero attached hydrogens (tertiary/aromatic N) is 1. The van der Waals surface area contributed by atoms with Gasteiger partial charge < -0.3 is 0 Å². The molecule has 1 unspecified atom stereocenters. The van der Waals surface area contributed by atoms with Crippen LogP contribution in [0.2, 0.25) is 0 Å². The molecule has 1 heterocycles. The van der Waals surface area contributed by atoms with Crippen molar-refractivity contribution >= 4 is 17.8 Å². The smallest absolute Gasteiger partial charge is 0.277 e. The SMILES string of the molecule is CC(C)C1C(=O)NC(=O)N(CCc2ccccc2F)C1=O. The Hall–Kier alpha value is -2.24. The van der Waals surface area contributed by atoms with E-state index in [9.17, 15) is 18.8 Å². The molecule has 0 aromatic heterocycles. The van der Waals surface area contributed by atoms with Gasteiger partial charge in [-0.2, -0.15) is 0 Å². The predicted molar refractivity (Wildman–Crippen MR) is 73.7 cm³/mol. The fourth-order valence-electron chi connectivity index (χ4n) is 2.36. The Labute approximate surface area is 122 Å². The van der Waals surface area contributed by atoms with Gasteiger partial charge in [-0.25, -0.2) is 9.18 Å². The maximum atomic E-state index is 13.5. The molecule has 21 heavy (non-hydrogen) atoms. The van der Waals surface area contributed by atoms with Crippen molar-refractivity contribution in [1.82, 2.24) is 10.2 Å². The summed E-state index contributed by atoms with van der Waals surface area (Å²) in [5, 5.41) is 2.18. The van der Waals surface area contributed by atoms with Gasteiger partial charge in [0, 0.05) is 6.54 Å². The highest BCUT2D eigenvalue weighted by atomic mass is 19.1. The molecule has 1 N–H and O–H groups in total. The van der Waals surface area contributed by atoms with E-state index in [1.165, 1.54) is 6.07 Å². The molecule has 112 valence electrons. The van der Waals surface area contributed by atoms with E-state index in [1.807, 2.05) is 0 Å². The van der Waals surface area contributed by atoms with Crippen molar-refractivity contribution in [2.75, 3.05) is 6.54 Å². The number of amides is 4. The van der Waals surface area contributed by atoms with E-state index in [0.29, 0.717) is 5.56 Å². The fourth-order valence-corrected chi connectivity index (χ4v) is 2.36. The first-order valence-electron chi connectivity index (χ1n) is 6.81. The van der Waals surface area contributed by atoms with Gasteiger partial charge in [0.2, 0.25) is 11.8 Å². The molecule has 6 heteroatoms. The van der Waals surface area contributed by atoms with E-state index in [2.05, 4.69) is 5.32 Å². The minimum atomic E-state index is -0.872. The monoisotopic (exact) mass is 292 g/mol. The Kier molecular flexibility index (Phi) is 4.35. The molecule has 1 atom stereocenters. The number of urea groups is 1. The maximum absolute atomic E-state index is 13.5. The molecule has 0 spiro atoms. The molecule has 1 fully saturated rings. The van der Waals surface area contributed by atoms with Crippen LogP contribution in [-0.2, 0) is 16.0 Å². The number of benzene rings is 1. The van der Waals surface area contributed by atoms with Crippen LogP contribution in [0.4, 0.5) is 9.18 Å². The lowest BCUT2D eigenvalue weighted by Crippen LogP contribution is -2.59. The minimum Gasteiger partial charge on any atom is -0.277 e. The lowest BCUT2D eigenvalue weighted by Gasteiger charge is -2.31. The van der Waals surface area contributed by atoms with Crippen LogP contribution in [0, 0.1) is 17.7 Å². The molecule has 1 aromatic carbocycles. The third kappa shape index (κ3) is 3.09. The Bertz CT molecular complexity index is 586. The fraction of sp³-hybridized carbons (Fsp3) is 0.400. The van der Waals surface area contributed by atoms with Crippen LogP contribution in [0.25, 0.3) is 0 Å². The zero-order valence-corrected chi connectivity index (χ0v) is 11.9. The average molecular weight is 292 g/mol. The summed E-state index contributed by atoms with van der Waals surface area (Å²) in [6, 6.07) is 5.46. The molecule has 0 bridgehead atoms. The first kappa shape index (κ1) is 15.2. The van der Waals surface area contributed by atoms with Crippen molar-refractivity contribution in [3.63, 3.8) is 0 Å². The van der Waals surface area contributed by atoms with Gasteiger partial charge in [0.05, 0.1) is 0 Å². The predicted octanol–water partition coefficient (Wildman–Crippen LogP) is 1.72. The number of hydrogen-bond donors (Lipinski definition) is 1. The quantitative estimate of drug-likeness (QED) is 0.859. The normalized spacial score (nSPS) is 19.1. The Morgan fingerprint density at radius 1 is 1.24 bits per heavy atom. The summed E-state index contributed by atoms with van der Waals surface area (Å²) in [4.78, 5) is 36.7. The molecular formula is C15H17FN2O3. The molecule has 5 nitrogen and oxygen atoms in total. The largest absolute Gasteiger partial charge is 0.330 e. The first-order valence-corrected chi connectivity index (χ1v) is 6.81. The van der Waals surface area contributed by atoms with E-state index in [-0.39, 0.29) is 24.7 Å². The number of hydrogen-bond acceptors (Lipinski definition) is 3. The summed E-state index contributed by atoms with van der Waals surface area (Å²) in [5.41, 5.74) is 0.427. The number of carbonyl (C=O) groups excluding carboxylic acids is 3. The van der Waals surface area contributed by atoms with Crippen LogP contribution < -0.4 is 5.32 Å². The van der Waals surface area contributed by atoms with Crippen LogP contribution >= 0.6 is 0 Å². The third-order valence-corrected chi connectivity index (χ3v) is 3.52. The Morgan fingerprint density at radius 2 is 1.90 bits per heavy atom. The minimum absolute atomic E-state index is 0.0437. The van der Waals surface area contributed by atoms with Gasteiger partial charge >= 0.3 is 6.03 Å². The summed E-state index contributed by atoms with van der Waals surface area (Å²) < 4.78 is 13.5. The van der Waals surface area contributed by atoms with Gasteiger partial charge in [-0.05, 0) is 24.0 Å². The van der Waals surface area contributed by atoms with Crippen molar-refractivity contribution < 1.29 is 18.8 Å². The van der Waals surface area contributed by atoms with E-state index < -0.39 is 23.8 Å². The standard InChI is InChI=1S/C15H17FN2O3/c1-9(2)12-13(19)17-15(21)18(14(12)20)8-7-10-5-3-4-6-11(10)16/h3-6,9,12H,7-8H2,1-2H3,(H,17,19,21). The number of rotatable bonds is 4. The number of barbiturate groups is 1. The third-order valence-electron chi connectivity index (χ3n) is 3.52. The van der Waals surface area contributed by atoms with Gasteiger partial charge in [-0.1, -0.05) is 32.0 Å². The first-order chi connectivity index (χ1) is 9.91. The van der Waals surface area contributed by atoms with Gasteiger partial charge in [-0.15, -0.1) is 0 Å². The van der Waals surface area contributed by atoms with Crippen LogP contribution in [0.5, 0.6) is 0 Å². The summed E-state index contributed by atoms with van der Waals surface area (Å²) in [6.45, 7) is 3.53. The van der Waals surface area contributed by atoms with Crippen molar-refractivity contribution in [3.8, 4) is 0 Å². The van der Waals surface area contributed by atoms with Crippen molar-refractivity contribution in [2.24, 2.45) is 11.8 Å². The molecular weight excluding hydrogens is 275 g/mol. The van der Waals surface area contributed by atoms with Crippen LogP contribution in [0.1, 0.15) is 19.4 Å². The molecule has 1 aliphatic heterocycles. The molecule has 0 aliphatic carbocycles. The number of carbonyl (C=O) groups is 3. The molecule has 1 saturated heterocycles. The maximum Gasteiger partial charge on any atom is 0.330 e. The molecule has 2 rings (SSSR count). The molecule has 0 saturated carbocycles. The van der Waals surface area contributed by atoms with Gasteiger partial charge in [0.15, 0.2) is 0 Å². The molecule has 0 radical (unpaired) electrons. The van der Waals surface area contributed by atoms with E-state index in [1.54, 1.807) is 32.0 Å². The number of halogens is 1. The van der Waals surface area contributed by atoms with Gasteiger partial charge in [0.25, 0.3) is 0 Å². The zero-order chi connectivity index (χ0) is 15.6. The van der Waals surface area contributed by atoms with Crippen molar-refractivity contribution in [3.05, 3.63) is 35.6 Å². The highest BCUT2D eigenvalue weighted by Crippen LogP contribution is 2.19. The summed E-state index contributed by atoms with van der Waals surface area (Å²) in [6.07, 6.45) is 0.213. The molecule has 4 amide bonds. The highest BCUT2D eigenvalue weighted by molar-refractivity contribution is 6.16. The number of imide groups is 2. The van der Waals surface area contributed by atoms with Gasteiger partial charge in [-0.3, -0.25) is 19.8 Å². The second-order valence-electron chi connectivity index (χ2n) is 5.35. The average Bonchev–Trinajstić information content (AvgIpc) is 2.39. The van der Waals surface area contributed by atoms with E-state index in [0.717, 1.165) is 4.90 Å². The van der Waals surface area contributed by atoms with E-state index >= 15 is 0 Å². The zero-order valence-electron chi connectivity index (χ0n) is 11.9. The Morgan fingerprint density at radius 3 is 2.52 bits per heavy atom. The lowest BCUT2D eigenvalue weighted by molar-refractivity contribution is -0.144. The topological polar surface area (TPSA) is 66.5 Å². The van der Waals surface area contributed by atoms with Crippen LogP contribution in [0.15, 0.2) is 24.3 Å². The highest BCUT2D eigenvalue weighted by Gasteiger charge is 2.41.